The highest BCUT2D eigenvalue weighted by atomic mass is 19.4. The Morgan fingerprint density at radius 3 is 1.63 bits per heavy atom. The third-order valence-electron chi connectivity index (χ3n) is 3.35. The molecule has 1 heterocycles. The van der Waals surface area contributed by atoms with Crippen molar-refractivity contribution in [3.05, 3.63) is 11.1 Å². The molecule has 0 atom stereocenters. The number of alkyl halides is 6. The topological polar surface area (TPSA) is 18.5 Å². The van der Waals surface area contributed by atoms with Gasteiger partial charge in [-0.25, -0.2) is 0 Å². The maximum atomic E-state index is 12.5. The Hall–Kier alpha value is -0.760. The first kappa shape index (κ1) is 14.6. The Bertz CT molecular complexity index is 348. The number of rotatable bonds is 0. The quantitative estimate of drug-likeness (QED) is 0.500. The van der Waals surface area contributed by atoms with Crippen molar-refractivity contribution in [3.8, 4) is 0 Å². The fourth-order valence-electron chi connectivity index (χ4n) is 2.53. The molecule has 2 fully saturated rings. The summed E-state index contributed by atoms with van der Waals surface area (Å²) in [5.74, 6) is -0.980. The zero-order valence-electron chi connectivity index (χ0n) is 9.83. The van der Waals surface area contributed by atoms with Gasteiger partial charge in [-0.15, -0.1) is 0 Å². The summed E-state index contributed by atoms with van der Waals surface area (Å²) in [5, 5.41) is 0. The summed E-state index contributed by atoms with van der Waals surface area (Å²) in [4.78, 5) is 0. The molecule has 0 unspecified atom stereocenters. The Morgan fingerprint density at radius 1 is 0.842 bits per heavy atom. The molecule has 8 heteroatoms. The summed E-state index contributed by atoms with van der Waals surface area (Å²) in [5.41, 5.74) is -2.97. The van der Waals surface area contributed by atoms with E-state index in [2.05, 4.69) is 0 Å². The van der Waals surface area contributed by atoms with Crippen LogP contribution in [0.4, 0.5) is 26.3 Å². The predicted molar refractivity (Wildman–Crippen MR) is 52.2 cm³/mol. The zero-order valence-corrected chi connectivity index (χ0v) is 9.83. The lowest BCUT2D eigenvalue weighted by Crippen LogP contribution is -2.36. The Balaban J connectivity index is 2.22. The Morgan fingerprint density at radius 2 is 1.26 bits per heavy atom. The molecule has 0 aromatic rings. The third kappa shape index (κ3) is 3.05. The highest BCUT2D eigenvalue weighted by Gasteiger charge is 2.53. The first-order valence-electron chi connectivity index (χ1n) is 5.78. The van der Waals surface area contributed by atoms with Crippen LogP contribution in [0, 0.1) is 0 Å². The average molecular weight is 290 g/mol. The van der Waals surface area contributed by atoms with E-state index < -0.39 is 29.3 Å². The van der Waals surface area contributed by atoms with Crippen molar-refractivity contribution in [2.45, 2.75) is 43.8 Å². The SMILES string of the molecule is FC(F)(F)C(=C1CCC2(CC1)OCCO2)C(F)(F)F. The summed E-state index contributed by atoms with van der Waals surface area (Å²) in [6, 6.07) is 0. The summed E-state index contributed by atoms with van der Waals surface area (Å²) in [6.07, 6.45) is -11.3. The van der Waals surface area contributed by atoms with Crippen LogP contribution in [-0.2, 0) is 9.47 Å². The minimum atomic E-state index is -5.38. The van der Waals surface area contributed by atoms with Crippen molar-refractivity contribution in [2.75, 3.05) is 13.2 Å². The molecular formula is C11H12F6O2. The molecule has 0 amide bonds. The highest BCUT2D eigenvalue weighted by molar-refractivity contribution is 5.25. The van der Waals surface area contributed by atoms with Gasteiger partial charge in [0, 0.05) is 12.8 Å². The van der Waals surface area contributed by atoms with Crippen LogP contribution >= 0.6 is 0 Å². The van der Waals surface area contributed by atoms with Crippen molar-refractivity contribution in [1.82, 2.24) is 0 Å². The molecule has 1 saturated heterocycles. The smallest absolute Gasteiger partial charge is 0.348 e. The molecule has 2 aliphatic rings. The monoisotopic (exact) mass is 290 g/mol. The van der Waals surface area contributed by atoms with E-state index in [1.54, 1.807) is 0 Å². The summed E-state index contributed by atoms with van der Waals surface area (Å²) in [6.45, 7) is 0.648. The predicted octanol–water partition coefficient (Wildman–Crippen LogP) is 3.72. The van der Waals surface area contributed by atoms with Crippen molar-refractivity contribution < 1.29 is 35.8 Å². The molecule has 1 aliphatic carbocycles. The molecule has 19 heavy (non-hydrogen) atoms. The van der Waals surface area contributed by atoms with E-state index in [-0.39, 0.29) is 25.7 Å². The summed E-state index contributed by atoms with van der Waals surface area (Å²) in [7, 11) is 0. The van der Waals surface area contributed by atoms with Crippen LogP contribution in [0.3, 0.4) is 0 Å². The molecule has 110 valence electrons. The Kier molecular flexibility index (Phi) is 3.59. The van der Waals surface area contributed by atoms with Gasteiger partial charge in [0.15, 0.2) is 5.79 Å². The van der Waals surface area contributed by atoms with Gasteiger partial charge in [0.25, 0.3) is 0 Å². The van der Waals surface area contributed by atoms with Crippen LogP contribution in [0.1, 0.15) is 25.7 Å². The van der Waals surface area contributed by atoms with Crippen LogP contribution in [0.15, 0.2) is 11.1 Å². The van der Waals surface area contributed by atoms with Gasteiger partial charge in [-0.2, -0.15) is 26.3 Å². The molecular weight excluding hydrogens is 278 g/mol. The maximum Gasteiger partial charge on any atom is 0.421 e. The lowest BCUT2D eigenvalue weighted by atomic mass is 9.86. The van der Waals surface area contributed by atoms with E-state index in [9.17, 15) is 26.3 Å². The first-order chi connectivity index (χ1) is 8.64. The van der Waals surface area contributed by atoms with Crippen LogP contribution in [0.25, 0.3) is 0 Å². The van der Waals surface area contributed by atoms with Gasteiger partial charge in [-0.1, -0.05) is 5.57 Å². The van der Waals surface area contributed by atoms with E-state index in [4.69, 9.17) is 9.47 Å². The molecule has 2 nitrogen and oxygen atoms in total. The van der Waals surface area contributed by atoms with Gasteiger partial charge < -0.3 is 9.47 Å². The van der Waals surface area contributed by atoms with E-state index in [0.717, 1.165) is 0 Å². The van der Waals surface area contributed by atoms with E-state index >= 15 is 0 Å². The van der Waals surface area contributed by atoms with Crippen molar-refractivity contribution in [1.29, 1.82) is 0 Å². The number of halogens is 6. The van der Waals surface area contributed by atoms with Gasteiger partial charge in [0.2, 0.25) is 0 Å². The fourth-order valence-corrected chi connectivity index (χ4v) is 2.53. The molecule has 0 N–H and O–H groups in total. The van der Waals surface area contributed by atoms with Crippen LogP contribution < -0.4 is 0 Å². The molecule has 1 aliphatic heterocycles. The van der Waals surface area contributed by atoms with Crippen LogP contribution in [-0.4, -0.2) is 31.4 Å². The highest BCUT2D eigenvalue weighted by Crippen LogP contribution is 2.46. The van der Waals surface area contributed by atoms with Crippen molar-refractivity contribution >= 4 is 0 Å². The molecule has 0 radical (unpaired) electrons. The lowest BCUT2D eigenvalue weighted by Gasteiger charge is -2.34. The standard InChI is InChI=1S/C11H12F6O2/c12-10(13,14)8(11(15,16)17)7-1-3-9(4-2-7)18-5-6-19-9/h1-6H2. The second-order valence-electron chi connectivity index (χ2n) is 4.58. The zero-order chi connectivity index (χ0) is 14.3. The van der Waals surface area contributed by atoms with Gasteiger partial charge in [0.1, 0.15) is 5.57 Å². The summed E-state index contributed by atoms with van der Waals surface area (Å²) >= 11 is 0. The van der Waals surface area contributed by atoms with Gasteiger partial charge >= 0.3 is 12.4 Å². The lowest BCUT2D eigenvalue weighted by molar-refractivity contribution is -0.183. The van der Waals surface area contributed by atoms with E-state index in [1.807, 2.05) is 0 Å². The number of allylic oxidation sites excluding steroid dienone is 2. The molecule has 0 bridgehead atoms. The fraction of sp³-hybridized carbons (Fsp3) is 0.818. The minimum absolute atomic E-state index is 0.0258. The summed E-state index contributed by atoms with van der Waals surface area (Å²) < 4.78 is 85.7. The number of hydrogen-bond donors (Lipinski definition) is 0. The second kappa shape index (κ2) is 4.66. The molecule has 0 aromatic carbocycles. The normalized spacial score (nSPS) is 24.0. The van der Waals surface area contributed by atoms with Gasteiger partial charge in [-0.05, 0) is 12.8 Å². The molecule has 0 aromatic heterocycles. The van der Waals surface area contributed by atoms with Gasteiger partial charge in [0.05, 0.1) is 13.2 Å². The Labute approximate surface area is 105 Å². The van der Waals surface area contributed by atoms with Crippen molar-refractivity contribution in [2.24, 2.45) is 0 Å². The number of hydrogen-bond acceptors (Lipinski definition) is 2. The van der Waals surface area contributed by atoms with Crippen LogP contribution in [0.2, 0.25) is 0 Å². The van der Waals surface area contributed by atoms with E-state index in [1.165, 1.54) is 0 Å². The minimum Gasteiger partial charge on any atom is -0.348 e. The molecule has 2 rings (SSSR count). The third-order valence-corrected chi connectivity index (χ3v) is 3.35. The van der Waals surface area contributed by atoms with Crippen molar-refractivity contribution in [3.63, 3.8) is 0 Å². The second-order valence-corrected chi connectivity index (χ2v) is 4.58. The first-order valence-corrected chi connectivity index (χ1v) is 5.78. The van der Waals surface area contributed by atoms with Gasteiger partial charge in [-0.3, -0.25) is 0 Å². The maximum absolute atomic E-state index is 12.5. The largest absolute Gasteiger partial charge is 0.421 e. The van der Waals surface area contributed by atoms with Crippen LogP contribution in [0.5, 0.6) is 0 Å². The number of ether oxygens (including phenoxy) is 2. The molecule has 1 saturated carbocycles. The molecule has 1 spiro atoms. The average Bonchev–Trinajstić information content (AvgIpc) is 2.66. The van der Waals surface area contributed by atoms with E-state index in [0.29, 0.717) is 13.2 Å².